The lowest BCUT2D eigenvalue weighted by Crippen LogP contribution is -2.48. The molecule has 1 aromatic carbocycles. The number of aliphatic carboxylic acids is 1. The normalized spacial score (nSPS) is 11.8. The maximum absolute atomic E-state index is 12.9. The molecule has 0 spiro atoms. The van der Waals surface area contributed by atoms with Gasteiger partial charge in [0, 0.05) is 12.2 Å². The third-order valence-electron chi connectivity index (χ3n) is 2.87. The molecule has 0 fully saturated rings. The van der Waals surface area contributed by atoms with Gasteiger partial charge in [-0.25, -0.2) is 14.0 Å². The van der Waals surface area contributed by atoms with E-state index in [-0.39, 0.29) is 5.82 Å². The molecule has 5 nitrogen and oxygen atoms in total. The van der Waals surface area contributed by atoms with Gasteiger partial charge in [0.05, 0.1) is 0 Å². The lowest BCUT2D eigenvalue weighted by atomic mass is 10.2. The van der Waals surface area contributed by atoms with E-state index in [2.05, 4.69) is 5.32 Å². The Hall–Kier alpha value is -2.11. The molecule has 0 saturated heterocycles. The van der Waals surface area contributed by atoms with Crippen LogP contribution in [0.15, 0.2) is 24.3 Å². The van der Waals surface area contributed by atoms with Crippen LogP contribution in [0.2, 0.25) is 0 Å². The molecule has 0 aromatic heterocycles. The number of carboxylic acid groups (broad SMARTS) is 1. The molecule has 6 heteroatoms. The summed E-state index contributed by atoms with van der Waals surface area (Å²) in [6.45, 7) is 3.97. The van der Waals surface area contributed by atoms with Crippen molar-refractivity contribution in [3.63, 3.8) is 0 Å². The smallest absolute Gasteiger partial charge is 0.326 e. The summed E-state index contributed by atoms with van der Waals surface area (Å²) in [6.07, 6.45) is 1.02. The standard InChI is InChI=1S/C14H19FN2O3/c1-3-5-12(13(18)19)16-14(20)17(4-2)11-8-6-10(15)7-9-11/h6-9,12H,3-5H2,1-2H3,(H,16,20)(H,18,19)/t12-/m1/s1. The van der Waals surface area contributed by atoms with Gasteiger partial charge < -0.3 is 10.4 Å². The van der Waals surface area contributed by atoms with E-state index in [1.165, 1.54) is 29.2 Å². The Morgan fingerprint density at radius 1 is 1.30 bits per heavy atom. The Kier molecular flexibility index (Phi) is 5.96. The minimum Gasteiger partial charge on any atom is -0.480 e. The van der Waals surface area contributed by atoms with Gasteiger partial charge in [-0.2, -0.15) is 0 Å². The number of hydrogen-bond acceptors (Lipinski definition) is 2. The quantitative estimate of drug-likeness (QED) is 0.842. The van der Waals surface area contributed by atoms with Crippen molar-refractivity contribution < 1.29 is 19.1 Å². The minimum atomic E-state index is -1.06. The largest absolute Gasteiger partial charge is 0.480 e. The Labute approximate surface area is 117 Å². The van der Waals surface area contributed by atoms with Crippen molar-refractivity contribution in [1.82, 2.24) is 5.32 Å². The molecule has 110 valence electrons. The summed E-state index contributed by atoms with van der Waals surface area (Å²) < 4.78 is 12.9. The van der Waals surface area contributed by atoms with Crippen LogP contribution in [0, 0.1) is 5.82 Å². The zero-order valence-electron chi connectivity index (χ0n) is 11.6. The van der Waals surface area contributed by atoms with E-state index in [1.807, 2.05) is 6.92 Å². The molecule has 0 aliphatic heterocycles. The van der Waals surface area contributed by atoms with Crippen LogP contribution in [0.1, 0.15) is 26.7 Å². The van der Waals surface area contributed by atoms with Crippen LogP contribution in [-0.2, 0) is 4.79 Å². The van der Waals surface area contributed by atoms with E-state index in [0.29, 0.717) is 25.1 Å². The fourth-order valence-corrected chi connectivity index (χ4v) is 1.84. The predicted octanol–water partition coefficient (Wildman–Crippen LogP) is 2.61. The monoisotopic (exact) mass is 282 g/mol. The summed E-state index contributed by atoms with van der Waals surface area (Å²) in [5.41, 5.74) is 0.520. The van der Waals surface area contributed by atoms with Crippen molar-refractivity contribution in [1.29, 1.82) is 0 Å². The molecule has 20 heavy (non-hydrogen) atoms. The zero-order valence-corrected chi connectivity index (χ0v) is 11.6. The average Bonchev–Trinajstić information content (AvgIpc) is 2.41. The van der Waals surface area contributed by atoms with Crippen molar-refractivity contribution in [2.45, 2.75) is 32.7 Å². The number of hydrogen-bond donors (Lipinski definition) is 2. The fourth-order valence-electron chi connectivity index (χ4n) is 1.84. The van der Waals surface area contributed by atoms with Crippen LogP contribution in [-0.4, -0.2) is 29.7 Å². The molecule has 1 aromatic rings. The van der Waals surface area contributed by atoms with E-state index in [9.17, 15) is 14.0 Å². The Balaban J connectivity index is 2.81. The fraction of sp³-hybridized carbons (Fsp3) is 0.429. The van der Waals surface area contributed by atoms with Gasteiger partial charge in [0.25, 0.3) is 0 Å². The number of benzene rings is 1. The van der Waals surface area contributed by atoms with Crippen LogP contribution >= 0.6 is 0 Å². The highest BCUT2D eigenvalue weighted by Gasteiger charge is 2.22. The number of nitrogens with one attached hydrogen (secondary N) is 1. The number of carbonyl (C=O) groups is 2. The maximum Gasteiger partial charge on any atom is 0.326 e. The minimum absolute atomic E-state index is 0.357. The molecular formula is C14H19FN2O3. The van der Waals surface area contributed by atoms with E-state index < -0.39 is 18.0 Å². The number of nitrogens with zero attached hydrogens (tertiary/aromatic N) is 1. The van der Waals surface area contributed by atoms with Crippen LogP contribution in [0.4, 0.5) is 14.9 Å². The first kappa shape index (κ1) is 15.9. The first-order valence-corrected chi connectivity index (χ1v) is 6.56. The highest BCUT2D eigenvalue weighted by molar-refractivity contribution is 5.94. The number of rotatable bonds is 6. The van der Waals surface area contributed by atoms with E-state index >= 15 is 0 Å². The highest BCUT2D eigenvalue weighted by Crippen LogP contribution is 2.15. The second-order valence-electron chi connectivity index (χ2n) is 4.35. The predicted molar refractivity (Wildman–Crippen MR) is 74.3 cm³/mol. The molecule has 0 aliphatic carbocycles. The maximum atomic E-state index is 12.9. The Morgan fingerprint density at radius 2 is 1.90 bits per heavy atom. The molecule has 0 radical (unpaired) electrons. The van der Waals surface area contributed by atoms with Gasteiger partial charge in [0.1, 0.15) is 11.9 Å². The summed E-state index contributed by atoms with van der Waals surface area (Å²) in [5, 5.41) is 11.5. The van der Waals surface area contributed by atoms with Gasteiger partial charge in [-0.3, -0.25) is 4.90 Å². The first-order valence-electron chi connectivity index (χ1n) is 6.56. The molecule has 0 heterocycles. The number of carboxylic acids is 1. The van der Waals surface area contributed by atoms with Gasteiger partial charge in [0.2, 0.25) is 0 Å². The summed E-state index contributed by atoms with van der Waals surface area (Å²) in [6, 6.07) is 4.06. The van der Waals surface area contributed by atoms with Crippen LogP contribution in [0.3, 0.4) is 0 Å². The van der Waals surface area contributed by atoms with Crippen LogP contribution in [0.5, 0.6) is 0 Å². The third kappa shape index (κ3) is 4.22. The molecule has 0 aliphatic rings. The summed E-state index contributed by atoms with van der Waals surface area (Å²) in [5.74, 6) is -1.45. The van der Waals surface area contributed by atoms with E-state index in [1.54, 1.807) is 6.92 Å². The molecule has 2 N–H and O–H groups in total. The van der Waals surface area contributed by atoms with Crippen molar-refractivity contribution in [3.8, 4) is 0 Å². The van der Waals surface area contributed by atoms with Crippen LogP contribution in [0.25, 0.3) is 0 Å². The van der Waals surface area contributed by atoms with Gasteiger partial charge in [-0.05, 0) is 37.6 Å². The summed E-state index contributed by atoms with van der Waals surface area (Å²) >= 11 is 0. The topological polar surface area (TPSA) is 69.6 Å². The molecular weight excluding hydrogens is 263 g/mol. The zero-order chi connectivity index (χ0) is 15.1. The van der Waals surface area contributed by atoms with Crippen molar-refractivity contribution in [2.75, 3.05) is 11.4 Å². The molecule has 0 unspecified atom stereocenters. The van der Waals surface area contributed by atoms with Gasteiger partial charge >= 0.3 is 12.0 Å². The number of urea groups is 1. The van der Waals surface area contributed by atoms with Crippen LogP contribution < -0.4 is 10.2 Å². The number of halogens is 1. The number of amides is 2. The third-order valence-corrected chi connectivity index (χ3v) is 2.87. The van der Waals surface area contributed by atoms with Gasteiger partial charge in [-0.1, -0.05) is 13.3 Å². The lowest BCUT2D eigenvalue weighted by Gasteiger charge is -2.24. The number of carbonyl (C=O) groups excluding carboxylic acids is 1. The Bertz CT molecular complexity index is 462. The second kappa shape index (κ2) is 7.47. The second-order valence-corrected chi connectivity index (χ2v) is 4.35. The van der Waals surface area contributed by atoms with E-state index in [0.717, 1.165) is 0 Å². The molecule has 0 saturated carbocycles. The molecule has 1 atom stereocenters. The lowest BCUT2D eigenvalue weighted by molar-refractivity contribution is -0.139. The molecule has 0 bridgehead atoms. The average molecular weight is 282 g/mol. The van der Waals surface area contributed by atoms with Gasteiger partial charge in [0.15, 0.2) is 0 Å². The number of anilines is 1. The van der Waals surface area contributed by atoms with Crippen molar-refractivity contribution in [2.24, 2.45) is 0 Å². The Morgan fingerprint density at radius 3 is 2.35 bits per heavy atom. The van der Waals surface area contributed by atoms with E-state index in [4.69, 9.17) is 5.11 Å². The summed E-state index contributed by atoms with van der Waals surface area (Å²) in [4.78, 5) is 24.5. The first-order chi connectivity index (χ1) is 9.49. The molecule has 2 amide bonds. The van der Waals surface area contributed by atoms with Crippen molar-refractivity contribution >= 4 is 17.7 Å². The van der Waals surface area contributed by atoms with Crippen molar-refractivity contribution in [3.05, 3.63) is 30.1 Å². The highest BCUT2D eigenvalue weighted by atomic mass is 19.1. The molecule has 1 rings (SSSR count). The SMILES string of the molecule is CCC[C@@H](NC(=O)N(CC)c1ccc(F)cc1)C(=O)O. The summed E-state index contributed by atoms with van der Waals surface area (Å²) in [7, 11) is 0. The van der Waals surface area contributed by atoms with Gasteiger partial charge in [-0.15, -0.1) is 0 Å².